The van der Waals surface area contributed by atoms with Crippen molar-refractivity contribution in [3.63, 3.8) is 0 Å². The molecule has 0 saturated heterocycles. The zero-order valence-electron chi connectivity index (χ0n) is 10.1. The second-order valence-electron chi connectivity index (χ2n) is 4.46. The third kappa shape index (κ3) is 2.05. The van der Waals surface area contributed by atoms with Crippen LogP contribution in [0.4, 0.5) is 0 Å². The molecule has 18 heavy (non-hydrogen) atoms. The van der Waals surface area contributed by atoms with Crippen molar-refractivity contribution in [2.75, 3.05) is 0 Å². The van der Waals surface area contributed by atoms with Gasteiger partial charge in [-0.1, -0.05) is 48.0 Å². The summed E-state index contributed by atoms with van der Waals surface area (Å²) >= 11 is 8.39. The van der Waals surface area contributed by atoms with Gasteiger partial charge in [-0.05, 0) is 34.9 Å². The predicted octanol–water partition coefficient (Wildman–Crippen LogP) is 5.54. The second-order valence-corrected chi connectivity index (χ2v) is 5.81. The molecule has 1 atom stereocenters. The molecule has 0 fully saturated rings. The van der Waals surface area contributed by atoms with E-state index in [1.165, 1.54) is 26.8 Å². The summed E-state index contributed by atoms with van der Waals surface area (Å²) in [7, 11) is 0. The van der Waals surface area contributed by atoms with Crippen molar-refractivity contribution < 1.29 is 0 Å². The van der Waals surface area contributed by atoms with Crippen molar-refractivity contribution in [3.05, 3.63) is 70.6 Å². The van der Waals surface area contributed by atoms with Gasteiger partial charge < -0.3 is 0 Å². The smallest absolute Gasteiger partial charge is 0.0849 e. The molecule has 0 spiro atoms. The third-order valence-corrected chi connectivity index (χ3v) is 4.59. The van der Waals surface area contributed by atoms with Gasteiger partial charge in [-0.2, -0.15) is 0 Å². The van der Waals surface area contributed by atoms with Crippen LogP contribution in [0.1, 0.15) is 22.1 Å². The Hall–Kier alpha value is -1.31. The van der Waals surface area contributed by atoms with Crippen LogP contribution < -0.4 is 0 Å². The summed E-state index contributed by atoms with van der Waals surface area (Å²) in [5.41, 5.74) is 3.63. The van der Waals surface area contributed by atoms with Crippen molar-refractivity contribution in [1.29, 1.82) is 0 Å². The van der Waals surface area contributed by atoms with E-state index in [9.17, 15) is 0 Å². The number of rotatable bonds is 2. The molecule has 90 valence electrons. The first-order valence-corrected chi connectivity index (χ1v) is 7.24. The highest BCUT2D eigenvalue weighted by molar-refractivity contribution is 7.17. The molecular weight excluding hydrogens is 260 g/mol. The van der Waals surface area contributed by atoms with Crippen molar-refractivity contribution in [2.24, 2.45) is 0 Å². The van der Waals surface area contributed by atoms with E-state index in [4.69, 9.17) is 11.6 Å². The van der Waals surface area contributed by atoms with E-state index in [0.717, 1.165) is 0 Å². The first-order chi connectivity index (χ1) is 8.75. The van der Waals surface area contributed by atoms with Crippen LogP contribution in [0.3, 0.4) is 0 Å². The van der Waals surface area contributed by atoms with Crippen molar-refractivity contribution in [3.8, 4) is 0 Å². The number of alkyl halides is 1. The molecule has 0 bridgehead atoms. The minimum Gasteiger partial charge on any atom is -0.143 e. The zero-order valence-corrected chi connectivity index (χ0v) is 11.6. The van der Waals surface area contributed by atoms with Crippen LogP contribution in [0.5, 0.6) is 0 Å². The maximum Gasteiger partial charge on any atom is 0.0849 e. The fraction of sp³-hybridized carbons (Fsp3) is 0.125. The van der Waals surface area contributed by atoms with Gasteiger partial charge in [-0.15, -0.1) is 22.9 Å². The number of aryl methyl sites for hydroxylation is 1. The summed E-state index contributed by atoms with van der Waals surface area (Å²) in [5, 5.41) is 3.37. The molecule has 3 aromatic rings. The Bertz CT molecular complexity index is 684. The molecule has 1 heterocycles. The molecule has 0 nitrogen and oxygen atoms in total. The Labute approximate surface area is 116 Å². The zero-order chi connectivity index (χ0) is 12.5. The molecule has 2 aromatic carbocycles. The minimum atomic E-state index is -0.0685. The fourth-order valence-electron chi connectivity index (χ4n) is 2.20. The minimum absolute atomic E-state index is 0.0685. The van der Waals surface area contributed by atoms with Gasteiger partial charge in [0.25, 0.3) is 0 Å². The molecule has 1 aromatic heterocycles. The lowest BCUT2D eigenvalue weighted by Gasteiger charge is -2.10. The van der Waals surface area contributed by atoms with Crippen LogP contribution in [-0.2, 0) is 0 Å². The van der Waals surface area contributed by atoms with Gasteiger partial charge in [0.2, 0.25) is 0 Å². The van der Waals surface area contributed by atoms with Crippen molar-refractivity contribution >= 4 is 33.0 Å². The highest BCUT2D eigenvalue weighted by atomic mass is 35.5. The van der Waals surface area contributed by atoms with Crippen LogP contribution in [0, 0.1) is 6.92 Å². The molecule has 0 aliphatic carbocycles. The second kappa shape index (κ2) is 4.75. The number of hydrogen-bond acceptors (Lipinski definition) is 1. The summed E-state index contributed by atoms with van der Waals surface area (Å²) < 4.78 is 1.30. The van der Waals surface area contributed by atoms with E-state index in [0.29, 0.717) is 0 Å². The summed E-state index contributed by atoms with van der Waals surface area (Å²) in [5.74, 6) is 0. The fourth-order valence-corrected chi connectivity index (χ4v) is 3.58. The topological polar surface area (TPSA) is 0 Å². The summed E-state index contributed by atoms with van der Waals surface area (Å²) in [6.45, 7) is 2.10. The summed E-state index contributed by atoms with van der Waals surface area (Å²) in [6, 6.07) is 16.8. The lowest BCUT2D eigenvalue weighted by molar-refractivity contribution is 1.16. The van der Waals surface area contributed by atoms with Crippen LogP contribution in [0.25, 0.3) is 10.1 Å². The van der Waals surface area contributed by atoms with Gasteiger partial charge in [0.15, 0.2) is 0 Å². The van der Waals surface area contributed by atoms with Gasteiger partial charge in [0.1, 0.15) is 0 Å². The molecule has 0 radical (unpaired) electrons. The number of halogens is 1. The van der Waals surface area contributed by atoms with Gasteiger partial charge in [-0.25, -0.2) is 0 Å². The molecule has 0 saturated carbocycles. The Kier molecular flexibility index (Phi) is 3.11. The number of hydrogen-bond donors (Lipinski definition) is 0. The normalized spacial score (nSPS) is 12.8. The first kappa shape index (κ1) is 11.8. The highest BCUT2D eigenvalue weighted by Crippen LogP contribution is 2.37. The van der Waals surface area contributed by atoms with E-state index in [1.54, 1.807) is 11.3 Å². The average molecular weight is 273 g/mol. The SMILES string of the molecule is Cc1cccc(C(Cl)c2csc3ccccc23)c1. The average Bonchev–Trinajstić information content (AvgIpc) is 2.82. The third-order valence-electron chi connectivity index (χ3n) is 3.12. The molecule has 0 aliphatic heterocycles. The van der Waals surface area contributed by atoms with E-state index in [-0.39, 0.29) is 5.38 Å². The van der Waals surface area contributed by atoms with Crippen molar-refractivity contribution in [1.82, 2.24) is 0 Å². The molecular formula is C16H13ClS. The van der Waals surface area contributed by atoms with E-state index in [2.05, 4.69) is 60.8 Å². The molecule has 0 amide bonds. The Morgan fingerprint density at radius 1 is 1.06 bits per heavy atom. The monoisotopic (exact) mass is 272 g/mol. The van der Waals surface area contributed by atoms with Gasteiger partial charge in [0.05, 0.1) is 5.38 Å². The van der Waals surface area contributed by atoms with Crippen molar-refractivity contribution in [2.45, 2.75) is 12.3 Å². The number of thiophene rings is 1. The summed E-state index contributed by atoms with van der Waals surface area (Å²) in [6.07, 6.45) is 0. The Morgan fingerprint density at radius 3 is 2.72 bits per heavy atom. The number of fused-ring (bicyclic) bond motifs is 1. The summed E-state index contributed by atoms with van der Waals surface area (Å²) in [4.78, 5) is 0. The standard InChI is InChI=1S/C16H13ClS/c1-11-5-4-6-12(9-11)16(17)14-10-18-15-8-3-2-7-13(14)15/h2-10,16H,1H3. The predicted molar refractivity (Wildman–Crippen MR) is 80.7 cm³/mol. The van der Waals surface area contributed by atoms with Crippen LogP contribution in [-0.4, -0.2) is 0 Å². The van der Waals surface area contributed by atoms with Crippen LogP contribution in [0.2, 0.25) is 0 Å². The van der Waals surface area contributed by atoms with Gasteiger partial charge in [0, 0.05) is 4.70 Å². The molecule has 2 heteroatoms. The molecule has 1 unspecified atom stereocenters. The largest absolute Gasteiger partial charge is 0.143 e. The molecule has 3 rings (SSSR count). The molecule has 0 N–H and O–H groups in total. The van der Waals surface area contributed by atoms with E-state index < -0.39 is 0 Å². The lowest BCUT2D eigenvalue weighted by atomic mass is 10.0. The lowest BCUT2D eigenvalue weighted by Crippen LogP contribution is -1.92. The maximum atomic E-state index is 6.63. The number of benzene rings is 2. The Balaban J connectivity index is 2.09. The van der Waals surface area contributed by atoms with Crippen LogP contribution in [0.15, 0.2) is 53.9 Å². The highest BCUT2D eigenvalue weighted by Gasteiger charge is 2.15. The quantitative estimate of drug-likeness (QED) is 0.538. The first-order valence-electron chi connectivity index (χ1n) is 5.92. The van der Waals surface area contributed by atoms with Crippen LogP contribution >= 0.6 is 22.9 Å². The van der Waals surface area contributed by atoms with Gasteiger partial charge >= 0.3 is 0 Å². The van der Waals surface area contributed by atoms with E-state index >= 15 is 0 Å². The van der Waals surface area contributed by atoms with E-state index in [1.807, 2.05) is 0 Å². The van der Waals surface area contributed by atoms with Gasteiger partial charge in [-0.3, -0.25) is 0 Å². The molecule has 0 aliphatic rings. The Morgan fingerprint density at radius 2 is 1.89 bits per heavy atom. The maximum absolute atomic E-state index is 6.63.